The molecule has 15 nitrogen and oxygen atoms in total. The maximum Gasteiger partial charge on any atom is 0.407 e. The Morgan fingerprint density at radius 3 is 1.44 bits per heavy atom. The number of carbonyl (C=O) groups excluding carboxylic acids is 4. The molecule has 4 fully saturated rings. The van der Waals surface area contributed by atoms with Crippen molar-refractivity contribution >= 4 is 24.0 Å². The summed E-state index contributed by atoms with van der Waals surface area (Å²) >= 11 is 0. The van der Waals surface area contributed by atoms with Crippen LogP contribution in [0.1, 0.15) is 83.0 Å². The first kappa shape index (κ1) is 40.1. The number of hydrogen-bond acceptors (Lipinski definition) is 9. The quantitative estimate of drug-likeness (QED) is 0.126. The Kier molecular flexibility index (Phi) is 11.2. The van der Waals surface area contributed by atoms with Crippen LogP contribution in [0.25, 0.3) is 33.6 Å². The number of rotatable bonds is 12. The van der Waals surface area contributed by atoms with E-state index in [0.29, 0.717) is 5.92 Å². The Labute approximate surface area is 344 Å². The summed E-state index contributed by atoms with van der Waals surface area (Å²) in [6, 6.07) is 14.8. The monoisotopic (exact) mass is 806 g/mol. The topological polar surface area (TPSA) is 184 Å². The lowest BCUT2D eigenvalue weighted by molar-refractivity contribution is -0.141. The largest absolute Gasteiger partial charge is 0.453 e. The van der Waals surface area contributed by atoms with E-state index in [4.69, 9.17) is 24.2 Å². The van der Waals surface area contributed by atoms with Gasteiger partial charge in [0.2, 0.25) is 11.8 Å². The summed E-state index contributed by atoms with van der Waals surface area (Å²) in [7, 11) is 4.10. The maximum atomic E-state index is 14.0. The molecule has 4 heterocycles. The van der Waals surface area contributed by atoms with Crippen LogP contribution in [0.3, 0.4) is 0 Å². The van der Waals surface area contributed by atoms with Gasteiger partial charge in [0, 0.05) is 19.2 Å². The number of aromatic amines is 2. The van der Waals surface area contributed by atoms with Crippen molar-refractivity contribution in [3.63, 3.8) is 0 Å². The molecule has 4 N–H and O–H groups in total. The number of piperidine rings is 2. The van der Waals surface area contributed by atoms with Gasteiger partial charge >= 0.3 is 12.2 Å². The highest BCUT2D eigenvalue weighted by Crippen LogP contribution is 2.51. The highest BCUT2D eigenvalue weighted by Gasteiger charge is 2.53. The molecule has 4 amide bonds. The molecule has 15 heteroatoms. The summed E-state index contributed by atoms with van der Waals surface area (Å²) in [5, 5.41) is 5.44. The van der Waals surface area contributed by atoms with Crippen molar-refractivity contribution in [1.29, 1.82) is 0 Å². The number of methoxy groups -OCH3 is 3. The number of nitrogens with one attached hydrogen (secondary N) is 4. The highest BCUT2D eigenvalue weighted by atomic mass is 16.5. The van der Waals surface area contributed by atoms with Crippen molar-refractivity contribution in [2.24, 2.45) is 17.8 Å². The third-order valence-corrected chi connectivity index (χ3v) is 13.1. The fourth-order valence-corrected chi connectivity index (χ4v) is 9.99. The second-order valence-electron chi connectivity index (χ2n) is 16.8. The van der Waals surface area contributed by atoms with E-state index in [1.165, 1.54) is 21.3 Å². The van der Waals surface area contributed by atoms with Crippen LogP contribution in [0.2, 0.25) is 0 Å². The molecule has 2 aromatic carbocycles. The molecule has 8 rings (SSSR count). The molecule has 312 valence electrons. The molecule has 2 saturated carbocycles. The molecule has 4 aromatic rings. The molecule has 4 bridgehead atoms. The minimum atomic E-state index is -0.889. The Morgan fingerprint density at radius 2 is 1.03 bits per heavy atom. The maximum absolute atomic E-state index is 14.0. The van der Waals surface area contributed by atoms with Crippen LogP contribution in [0, 0.1) is 17.8 Å². The van der Waals surface area contributed by atoms with Crippen molar-refractivity contribution in [3.05, 3.63) is 72.6 Å². The zero-order valence-corrected chi connectivity index (χ0v) is 34.4. The molecular weight excluding hydrogens is 753 g/mol. The van der Waals surface area contributed by atoms with Crippen molar-refractivity contribution < 1.29 is 33.4 Å². The van der Waals surface area contributed by atoms with Crippen LogP contribution in [0.4, 0.5) is 9.59 Å². The van der Waals surface area contributed by atoms with Crippen molar-refractivity contribution in [2.45, 2.75) is 102 Å². The number of ether oxygens (including phenoxy) is 3. The minimum absolute atomic E-state index is 0.0716. The lowest BCUT2D eigenvalue weighted by Gasteiger charge is -2.37. The summed E-state index contributed by atoms with van der Waals surface area (Å²) in [6.45, 7) is 5.61. The lowest BCUT2D eigenvalue weighted by Crippen LogP contribution is -2.56. The Balaban J connectivity index is 0.952. The van der Waals surface area contributed by atoms with Crippen molar-refractivity contribution in [1.82, 2.24) is 40.4 Å². The normalized spacial score (nSPS) is 24.6. The van der Waals surface area contributed by atoms with E-state index < -0.39 is 30.4 Å². The van der Waals surface area contributed by atoms with Crippen LogP contribution >= 0.6 is 0 Å². The summed E-state index contributed by atoms with van der Waals surface area (Å²) in [5.74, 6) is 1.68. The van der Waals surface area contributed by atoms with Gasteiger partial charge in [-0.15, -0.1) is 0 Å². The van der Waals surface area contributed by atoms with Crippen molar-refractivity contribution in [3.8, 4) is 33.6 Å². The summed E-state index contributed by atoms with van der Waals surface area (Å²) in [4.78, 5) is 72.7. The zero-order chi connectivity index (χ0) is 41.5. The van der Waals surface area contributed by atoms with Gasteiger partial charge in [-0.3, -0.25) is 9.59 Å². The standard InChI is InChI=1S/C44H54N8O7/c1-23(2)35(49-43(55)58-5)41(53)51-31-17-15-29(19-31)37(51)39-45-21-33(47-39)27-11-7-25(8-12-27)26-9-13-28(14-10-26)34-22-46-40(48-34)38-30-16-18-32(20-30)52(38)42(54)36(24(3)57-4)50-44(56)59-6/h7-14,21-24,29-32,35-38H,15-20H2,1-6H3,(H,45,47)(H,46,48)(H,49,55)(H,50,56)/t24-,29-,30-,31-,32-,35+,36+,37+,38+/m1/s1. The first-order valence-corrected chi connectivity index (χ1v) is 20.7. The van der Waals surface area contributed by atoms with Crippen LogP contribution in [0.15, 0.2) is 60.9 Å². The van der Waals surface area contributed by atoms with Gasteiger partial charge in [0.05, 0.1) is 56.2 Å². The predicted molar refractivity (Wildman–Crippen MR) is 218 cm³/mol. The molecule has 59 heavy (non-hydrogen) atoms. The Hall–Kier alpha value is -5.70. The van der Waals surface area contributed by atoms with Gasteiger partial charge in [0.15, 0.2) is 0 Å². The molecule has 0 spiro atoms. The summed E-state index contributed by atoms with van der Waals surface area (Å²) < 4.78 is 15.1. The van der Waals surface area contributed by atoms with Gasteiger partial charge in [-0.25, -0.2) is 19.6 Å². The summed E-state index contributed by atoms with van der Waals surface area (Å²) in [5.41, 5.74) is 5.81. The number of fused-ring (bicyclic) bond motifs is 4. The SMILES string of the molecule is COC(=O)N[C@H](C(=O)N1[C@@H]2CC[C@H](C2)[C@H]1c1ncc(-c2ccc(-c3ccc(-c4cnc([C@@H]5[C@@H]6CC[C@H](C6)N5C(=O)[C@@H](NC(=O)OC)[C@@H](C)OC)[nH]4)cc3)cc2)[nH]1)C(C)C. The van der Waals surface area contributed by atoms with E-state index in [-0.39, 0.29) is 47.8 Å². The van der Waals surface area contributed by atoms with Crippen LogP contribution in [-0.4, -0.2) is 105 Å². The fourth-order valence-electron chi connectivity index (χ4n) is 9.99. The predicted octanol–water partition coefficient (Wildman–Crippen LogP) is 6.38. The number of alkyl carbamates (subject to hydrolysis) is 2. The van der Waals surface area contributed by atoms with Crippen molar-refractivity contribution in [2.75, 3.05) is 21.3 Å². The number of carbonyl (C=O) groups is 4. The van der Waals surface area contributed by atoms with Gasteiger partial charge in [0.1, 0.15) is 23.7 Å². The number of H-pyrrole nitrogens is 2. The number of imidazole rings is 2. The van der Waals surface area contributed by atoms with Crippen LogP contribution in [-0.2, 0) is 23.8 Å². The molecule has 4 aliphatic rings. The molecule has 2 aliphatic heterocycles. The smallest absolute Gasteiger partial charge is 0.407 e. The third-order valence-electron chi connectivity index (χ3n) is 13.1. The van der Waals surface area contributed by atoms with E-state index >= 15 is 0 Å². The van der Waals surface area contributed by atoms with Crippen LogP contribution < -0.4 is 10.6 Å². The molecule has 0 radical (unpaired) electrons. The second kappa shape index (κ2) is 16.5. The Morgan fingerprint density at radius 1 is 0.627 bits per heavy atom. The van der Waals surface area contributed by atoms with Gasteiger partial charge < -0.3 is 44.6 Å². The fraction of sp³-hybridized carbons (Fsp3) is 0.500. The highest BCUT2D eigenvalue weighted by molar-refractivity contribution is 5.88. The molecule has 2 aliphatic carbocycles. The second-order valence-corrected chi connectivity index (χ2v) is 16.8. The number of likely N-dealkylation sites (tertiary alicyclic amines) is 2. The zero-order valence-electron chi connectivity index (χ0n) is 34.4. The molecule has 0 unspecified atom stereocenters. The van der Waals surface area contributed by atoms with E-state index in [2.05, 4.69) is 69.1 Å². The van der Waals surface area contributed by atoms with E-state index in [1.807, 2.05) is 36.0 Å². The molecule has 2 saturated heterocycles. The number of hydrogen-bond donors (Lipinski definition) is 4. The van der Waals surface area contributed by atoms with E-state index in [0.717, 1.165) is 83.8 Å². The average Bonchev–Trinajstić information content (AvgIpc) is 4.13. The third kappa shape index (κ3) is 7.56. The minimum Gasteiger partial charge on any atom is -0.453 e. The number of amides is 4. The Bertz CT molecular complexity index is 2170. The average molecular weight is 807 g/mol. The number of nitrogens with zero attached hydrogens (tertiary/aromatic N) is 4. The van der Waals surface area contributed by atoms with Gasteiger partial charge in [-0.05, 0) is 85.5 Å². The van der Waals surface area contributed by atoms with Crippen LogP contribution in [0.5, 0.6) is 0 Å². The molecular formula is C44H54N8O7. The lowest BCUT2D eigenvalue weighted by atomic mass is 9.95. The first-order chi connectivity index (χ1) is 28.5. The number of benzene rings is 2. The number of aromatic nitrogens is 4. The molecule has 2 aromatic heterocycles. The van der Waals surface area contributed by atoms with Gasteiger partial charge in [-0.1, -0.05) is 62.4 Å². The summed E-state index contributed by atoms with van der Waals surface area (Å²) in [6.07, 6.45) is 7.55. The molecule has 9 atom stereocenters. The van der Waals surface area contributed by atoms with E-state index in [1.54, 1.807) is 6.92 Å². The first-order valence-electron chi connectivity index (χ1n) is 20.7. The van der Waals surface area contributed by atoms with Gasteiger partial charge in [-0.2, -0.15) is 0 Å². The van der Waals surface area contributed by atoms with Gasteiger partial charge in [0.25, 0.3) is 0 Å². The van der Waals surface area contributed by atoms with E-state index in [9.17, 15) is 19.2 Å².